The molecule has 2 N–H and O–H groups in total. The number of carbonyl (C=O) groups is 1. The van der Waals surface area contributed by atoms with E-state index in [0.29, 0.717) is 5.92 Å². The van der Waals surface area contributed by atoms with Gasteiger partial charge in [-0.1, -0.05) is 24.3 Å². The second kappa shape index (κ2) is 7.24. The molecular formula is C22H30N4O2. The van der Waals surface area contributed by atoms with Gasteiger partial charge in [-0.2, -0.15) is 0 Å². The number of aliphatic hydroxyl groups excluding tert-OH is 1. The number of urea groups is 1. The van der Waals surface area contributed by atoms with Crippen molar-refractivity contribution >= 4 is 6.03 Å². The molecule has 6 nitrogen and oxygen atoms in total. The number of rotatable bonds is 3. The minimum Gasteiger partial charge on any atom is -0.391 e. The van der Waals surface area contributed by atoms with Crippen LogP contribution in [-0.2, 0) is 0 Å². The van der Waals surface area contributed by atoms with Crippen LogP contribution in [0.1, 0.15) is 51.6 Å². The van der Waals surface area contributed by atoms with Crippen LogP contribution in [0.5, 0.6) is 0 Å². The van der Waals surface area contributed by atoms with Crippen molar-refractivity contribution < 1.29 is 9.90 Å². The number of nitrogens with zero attached hydrogens (tertiary/aromatic N) is 3. The van der Waals surface area contributed by atoms with Gasteiger partial charge < -0.3 is 19.9 Å². The highest BCUT2D eigenvalue weighted by Gasteiger charge is 2.35. The summed E-state index contributed by atoms with van der Waals surface area (Å²) >= 11 is 0. The zero-order valence-electron chi connectivity index (χ0n) is 16.9. The molecule has 2 aromatic rings. The molecule has 1 aromatic carbocycles. The van der Waals surface area contributed by atoms with Crippen LogP contribution in [0.25, 0.3) is 11.3 Å². The van der Waals surface area contributed by atoms with E-state index in [4.69, 9.17) is 0 Å². The Kier molecular flexibility index (Phi) is 4.91. The number of aliphatic hydroxyl groups is 1. The van der Waals surface area contributed by atoms with Gasteiger partial charge in [0.1, 0.15) is 0 Å². The Morgan fingerprint density at radius 1 is 1.29 bits per heavy atom. The molecular weight excluding hydrogens is 352 g/mol. The molecule has 1 fully saturated rings. The van der Waals surface area contributed by atoms with E-state index in [1.807, 2.05) is 50.3 Å². The molecule has 2 aliphatic heterocycles. The van der Waals surface area contributed by atoms with Gasteiger partial charge in [-0.05, 0) is 51.5 Å². The molecule has 3 heterocycles. The summed E-state index contributed by atoms with van der Waals surface area (Å²) in [6, 6.07) is 8.21. The largest absolute Gasteiger partial charge is 0.391 e. The lowest BCUT2D eigenvalue weighted by Crippen LogP contribution is -2.50. The molecule has 150 valence electrons. The zero-order valence-corrected chi connectivity index (χ0v) is 16.9. The van der Waals surface area contributed by atoms with E-state index >= 15 is 0 Å². The number of nitrogens with one attached hydrogen (secondary N) is 1. The van der Waals surface area contributed by atoms with E-state index in [2.05, 4.69) is 27.0 Å². The van der Waals surface area contributed by atoms with Crippen LogP contribution in [0.2, 0.25) is 0 Å². The molecule has 0 radical (unpaired) electrons. The predicted molar refractivity (Wildman–Crippen MR) is 109 cm³/mol. The second-order valence-corrected chi connectivity index (χ2v) is 9.13. The molecule has 0 spiro atoms. The van der Waals surface area contributed by atoms with Crippen LogP contribution >= 0.6 is 0 Å². The third-order valence-corrected chi connectivity index (χ3v) is 5.84. The molecule has 4 rings (SSSR count). The molecule has 2 amide bonds. The standard InChI is InChI=1S/C22H30N4O2/c1-22(2,3)24-21(28)25-10-8-15(9-11-25)12-19(27)20-17-7-5-4-6-16(17)18-13-23-14-26(18)20/h4-7,13-15,19-20,27H,8-12H2,1-3H3,(H,24,28). The SMILES string of the molecule is CC(C)(C)NC(=O)N1CCC(CC(O)C2c3ccccc3-c3cncn32)CC1. The van der Waals surface area contributed by atoms with Crippen molar-refractivity contribution in [1.29, 1.82) is 0 Å². The fourth-order valence-corrected chi connectivity index (χ4v) is 4.51. The molecule has 2 atom stereocenters. The second-order valence-electron chi connectivity index (χ2n) is 9.13. The lowest BCUT2D eigenvalue weighted by molar-refractivity contribution is 0.0859. The van der Waals surface area contributed by atoms with Gasteiger partial charge >= 0.3 is 6.03 Å². The first kappa shape index (κ1) is 19.0. The van der Waals surface area contributed by atoms with Crippen molar-refractivity contribution in [3.8, 4) is 11.3 Å². The van der Waals surface area contributed by atoms with Gasteiger partial charge in [-0.15, -0.1) is 0 Å². The van der Waals surface area contributed by atoms with Gasteiger partial charge in [0, 0.05) is 24.2 Å². The van der Waals surface area contributed by atoms with Gasteiger partial charge in [0.15, 0.2) is 0 Å². The van der Waals surface area contributed by atoms with Crippen molar-refractivity contribution in [1.82, 2.24) is 19.8 Å². The van der Waals surface area contributed by atoms with Crippen molar-refractivity contribution in [3.63, 3.8) is 0 Å². The van der Waals surface area contributed by atoms with Gasteiger partial charge in [0.05, 0.1) is 30.4 Å². The quantitative estimate of drug-likeness (QED) is 0.854. The summed E-state index contributed by atoms with van der Waals surface area (Å²) in [5.74, 6) is 0.424. The van der Waals surface area contributed by atoms with Gasteiger partial charge in [-0.3, -0.25) is 0 Å². The molecule has 6 heteroatoms. The fourth-order valence-electron chi connectivity index (χ4n) is 4.51. The van der Waals surface area contributed by atoms with Crippen LogP contribution in [0.4, 0.5) is 4.79 Å². The topological polar surface area (TPSA) is 70.4 Å². The van der Waals surface area contributed by atoms with E-state index in [0.717, 1.165) is 43.6 Å². The first-order valence-electron chi connectivity index (χ1n) is 10.2. The summed E-state index contributed by atoms with van der Waals surface area (Å²) < 4.78 is 2.10. The minimum atomic E-state index is -0.462. The molecule has 1 saturated heterocycles. The van der Waals surface area contributed by atoms with E-state index < -0.39 is 6.10 Å². The summed E-state index contributed by atoms with van der Waals surface area (Å²) in [5.41, 5.74) is 3.20. The number of fused-ring (bicyclic) bond motifs is 3. The summed E-state index contributed by atoms with van der Waals surface area (Å²) in [4.78, 5) is 18.5. The van der Waals surface area contributed by atoms with Crippen molar-refractivity contribution in [3.05, 3.63) is 42.4 Å². The van der Waals surface area contributed by atoms with Crippen molar-refractivity contribution in [2.45, 2.75) is 57.7 Å². The Morgan fingerprint density at radius 2 is 2.00 bits per heavy atom. The number of imidazole rings is 1. The summed E-state index contributed by atoms with van der Waals surface area (Å²) in [6.45, 7) is 7.49. The van der Waals surface area contributed by atoms with Gasteiger partial charge in [0.25, 0.3) is 0 Å². The lowest BCUT2D eigenvalue weighted by atomic mass is 9.87. The van der Waals surface area contributed by atoms with Crippen LogP contribution in [0, 0.1) is 5.92 Å². The molecule has 0 saturated carbocycles. The fraction of sp³-hybridized carbons (Fsp3) is 0.545. The van der Waals surface area contributed by atoms with Crippen LogP contribution in [0.3, 0.4) is 0 Å². The number of piperidine rings is 1. The summed E-state index contributed by atoms with van der Waals surface area (Å²) in [6.07, 6.45) is 5.84. The van der Waals surface area contributed by atoms with E-state index in [-0.39, 0.29) is 17.6 Å². The minimum absolute atomic E-state index is 0.0132. The first-order chi connectivity index (χ1) is 13.3. The van der Waals surface area contributed by atoms with E-state index in [9.17, 15) is 9.90 Å². The van der Waals surface area contributed by atoms with Crippen LogP contribution in [0.15, 0.2) is 36.8 Å². The molecule has 1 aromatic heterocycles. The number of likely N-dealkylation sites (tertiary alicyclic amines) is 1. The Balaban J connectivity index is 1.38. The maximum atomic E-state index is 12.4. The van der Waals surface area contributed by atoms with Crippen molar-refractivity contribution in [2.24, 2.45) is 5.92 Å². The maximum absolute atomic E-state index is 12.4. The monoisotopic (exact) mass is 382 g/mol. The third-order valence-electron chi connectivity index (χ3n) is 5.84. The Labute approximate surface area is 166 Å². The number of amides is 2. The van der Waals surface area contributed by atoms with Crippen LogP contribution < -0.4 is 5.32 Å². The Morgan fingerprint density at radius 3 is 2.71 bits per heavy atom. The first-order valence-corrected chi connectivity index (χ1v) is 10.2. The number of hydrogen-bond donors (Lipinski definition) is 2. The molecule has 2 unspecified atom stereocenters. The summed E-state index contributed by atoms with van der Waals surface area (Å²) in [5, 5.41) is 14.1. The van der Waals surface area contributed by atoms with Gasteiger partial charge in [-0.25, -0.2) is 9.78 Å². The van der Waals surface area contributed by atoms with Crippen LogP contribution in [-0.4, -0.2) is 50.3 Å². The molecule has 0 bridgehead atoms. The summed E-state index contributed by atoms with van der Waals surface area (Å²) in [7, 11) is 0. The van der Waals surface area contributed by atoms with Crippen molar-refractivity contribution in [2.75, 3.05) is 13.1 Å². The number of benzene rings is 1. The zero-order chi connectivity index (χ0) is 19.9. The van der Waals surface area contributed by atoms with E-state index in [1.165, 1.54) is 5.56 Å². The molecule has 0 aliphatic carbocycles. The molecule has 2 aliphatic rings. The Bertz CT molecular complexity index is 846. The molecule has 28 heavy (non-hydrogen) atoms. The van der Waals surface area contributed by atoms with E-state index in [1.54, 1.807) is 0 Å². The predicted octanol–water partition coefficient (Wildman–Crippen LogP) is 3.42. The third kappa shape index (κ3) is 3.65. The normalized spacial score (nSPS) is 20.6. The number of aromatic nitrogens is 2. The highest BCUT2D eigenvalue weighted by atomic mass is 16.3. The Hall–Kier alpha value is -2.34. The average Bonchev–Trinajstić information content (AvgIpc) is 3.21. The maximum Gasteiger partial charge on any atom is 0.317 e. The highest BCUT2D eigenvalue weighted by molar-refractivity contribution is 5.75. The lowest BCUT2D eigenvalue weighted by Gasteiger charge is -2.35. The number of carbonyl (C=O) groups excluding carboxylic acids is 1. The highest BCUT2D eigenvalue weighted by Crippen LogP contribution is 2.42. The smallest absolute Gasteiger partial charge is 0.317 e. The average molecular weight is 383 g/mol. The van der Waals surface area contributed by atoms with Gasteiger partial charge in [0.2, 0.25) is 0 Å². The number of hydrogen-bond acceptors (Lipinski definition) is 3.